The minimum absolute atomic E-state index is 0.306. The summed E-state index contributed by atoms with van der Waals surface area (Å²) in [6.07, 6.45) is 2.70. The Balaban J connectivity index is 1.97. The Labute approximate surface area is 106 Å². The highest BCUT2D eigenvalue weighted by atomic mass is 16.3. The molecule has 0 amide bonds. The van der Waals surface area contributed by atoms with E-state index in [1.165, 1.54) is 0 Å². The number of aliphatic hydroxyl groups is 1. The average molecular weight is 245 g/mol. The van der Waals surface area contributed by atoms with Crippen molar-refractivity contribution in [3.63, 3.8) is 0 Å². The van der Waals surface area contributed by atoms with Crippen LogP contribution in [0.2, 0.25) is 0 Å². The van der Waals surface area contributed by atoms with Crippen molar-refractivity contribution in [2.45, 2.75) is 24.9 Å². The number of rotatable bonds is 4. The molecule has 4 heteroatoms. The molecule has 1 aromatic carbocycles. The lowest BCUT2D eigenvalue weighted by Gasteiger charge is -2.26. The van der Waals surface area contributed by atoms with E-state index in [-0.39, 0.29) is 0 Å². The molecule has 4 nitrogen and oxygen atoms in total. The quantitative estimate of drug-likeness (QED) is 0.851. The number of nitrogens with two attached hydrogens (primary N) is 1. The third-order valence-electron chi connectivity index (χ3n) is 4.03. The molecule has 1 heterocycles. The van der Waals surface area contributed by atoms with Crippen molar-refractivity contribution < 1.29 is 5.11 Å². The van der Waals surface area contributed by atoms with Gasteiger partial charge in [0.1, 0.15) is 5.82 Å². The average Bonchev–Trinajstić information content (AvgIpc) is 3.18. The van der Waals surface area contributed by atoms with E-state index in [9.17, 15) is 5.11 Å². The van der Waals surface area contributed by atoms with Gasteiger partial charge in [0.2, 0.25) is 0 Å². The molecule has 1 atom stereocenters. The van der Waals surface area contributed by atoms with Gasteiger partial charge in [-0.05, 0) is 30.9 Å². The van der Waals surface area contributed by atoms with E-state index in [4.69, 9.17) is 5.73 Å². The molecule has 0 radical (unpaired) electrons. The fourth-order valence-corrected chi connectivity index (χ4v) is 2.63. The molecule has 0 spiro atoms. The lowest BCUT2D eigenvalue weighted by Crippen LogP contribution is -2.42. The molecule has 1 aliphatic carbocycles. The maximum Gasteiger partial charge on any atom is 0.112 e. The van der Waals surface area contributed by atoms with E-state index in [0.717, 1.165) is 29.7 Å². The molecule has 3 rings (SSSR count). The van der Waals surface area contributed by atoms with Crippen molar-refractivity contribution in [3.05, 3.63) is 30.1 Å². The Bertz CT molecular complexity index is 573. The van der Waals surface area contributed by atoms with Gasteiger partial charge in [0.05, 0.1) is 16.6 Å². The standard InChI is InChI=1S/C14H19N3O/c1-17-12-5-3-2-4-11(12)16-13(17)8-14(18,9-15)10-6-7-10/h2-5,10,18H,6-9,15H2,1H3. The molecular weight excluding hydrogens is 226 g/mol. The molecule has 2 aromatic rings. The largest absolute Gasteiger partial charge is 0.388 e. The summed E-state index contributed by atoms with van der Waals surface area (Å²) in [5.74, 6) is 1.26. The van der Waals surface area contributed by atoms with Crippen LogP contribution in [-0.4, -0.2) is 26.8 Å². The first kappa shape index (κ1) is 11.7. The number of para-hydroxylation sites is 2. The predicted molar refractivity (Wildman–Crippen MR) is 71.1 cm³/mol. The van der Waals surface area contributed by atoms with Gasteiger partial charge >= 0.3 is 0 Å². The summed E-state index contributed by atoms with van der Waals surface area (Å²) in [5, 5.41) is 10.6. The lowest BCUT2D eigenvalue weighted by atomic mass is 9.93. The van der Waals surface area contributed by atoms with Crippen LogP contribution in [0.3, 0.4) is 0 Å². The van der Waals surface area contributed by atoms with Gasteiger partial charge in [-0.15, -0.1) is 0 Å². The molecule has 18 heavy (non-hydrogen) atoms. The Hall–Kier alpha value is -1.39. The first-order valence-electron chi connectivity index (χ1n) is 6.47. The fraction of sp³-hybridized carbons (Fsp3) is 0.500. The summed E-state index contributed by atoms with van der Waals surface area (Å²) in [5.41, 5.74) is 7.05. The van der Waals surface area contributed by atoms with Crippen molar-refractivity contribution in [1.82, 2.24) is 9.55 Å². The second-order valence-electron chi connectivity index (χ2n) is 5.33. The number of benzene rings is 1. The Kier molecular flexibility index (Phi) is 2.64. The zero-order chi connectivity index (χ0) is 12.8. The molecule has 96 valence electrons. The second kappa shape index (κ2) is 4.07. The number of aromatic nitrogens is 2. The molecule has 1 saturated carbocycles. The first-order valence-corrected chi connectivity index (χ1v) is 6.47. The van der Waals surface area contributed by atoms with Crippen molar-refractivity contribution in [2.75, 3.05) is 6.54 Å². The van der Waals surface area contributed by atoms with Gasteiger partial charge < -0.3 is 15.4 Å². The summed E-state index contributed by atoms with van der Waals surface area (Å²) in [6, 6.07) is 8.03. The normalized spacial score (nSPS) is 19.1. The van der Waals surface area contributed by atoms with Crippen LogP contribution < -0.4 is 5.73 Å². The van der Waals surface area contributed by atoms with Gasteiger partial charge in [-0.3, -0.25) is 0 Å². The maximum atomic E-state index is 10.6. The fourth-order valence-electron chi connectivity index (χ4n) is 2.63. The lowest BCUT2D eigenvalue weighted by molar-refractivity contribution is 0.0243. The van der Waals surface area contributed by atoms with Gasteiger partial charge in [0.25, 0.3) is 0 Å². The highest BCUT2D eigenvalue weighted by molar-refractivity contribution is 5.75. The molecule has 0 bridgehead atoms. The predicted octanol–water partition coefficient (Wildman–Crippen LogP) is 1.22. The molecule has 1 fully saturated rings. The number of fused-ring (bicyclic) bond motifs is 1. The Morgan fingerprint density at radius 2 is 2.17 bits per heavy atom. The summed E-state index contributed by atoms with van der Waals surface area (Å²) in [6.45, 7) is 0.306. The van der Waals surface area contributed by atoms with Crippen LogP contribution in [0.5, 0.6) is 0 Å². The highest BCUT2D eigenvalue weighted by Gasteiger charge is 2.43. The summed E-state index contributed by atoms with van der Waals surface area (Å²) < 4.78 is 2.05. The number of aryl methyl sites for hydroxylation is 1. The van der Waals surface area contributed by atoms with Crippen molar-refractivity contribution in [1.29, 1.82) is 0 Å². The van der Waals surface area contributed by atoms with Crippen LogP contribution in [0.15, 0.2) is 24.3 Å². The Morgan fingerprint density at radius 3 is 2.78 bits per heavy atom. The molecule has 0 aliphatic heterocycles. The maximum absolute atomic E-state index is 10.6. The number of hydrogen-bond acceptors (Lipinski definition) is 3. The van der Waals surface area contributed by atoms with Gasteiger partial charge in [-0.2, -0.15) is 0 Å². The monoisotopic (exact) mass is 245 g/mol. The van der Waals surface area contributed by atoms with Crippen LogP contribution >= 0.6 is 0 Å². The minimum Gasteiger partial charge on any atom is -0.388 e. The number of nitrogens with zero attached hydrogens (tertiary/aromatic N) is 2. The SMILES string of the molecule is Cn1c(CC(O)(CN)C2CC2)nc2ccccc21. The van der Waals surface area contributed by atoms with Crippen LogP contribution in [-0.2, 0) is 13.5 Å². The third-order valence-corrected chi connectivity index (χ3v) is 4.03. The molecule has 1 aliphatic rings. The van der Waals surface area contributed by atoms with Crippen molar-refractivity contribution >= 4 is 11.0 Å². The van der Waals surface area contributed by atoms with Crippen LogP contribution in [0.1, 0.15) is 18.7 Å². The van der Waals surface area contributed by atoms with Gasteiger partial charge in [-0.1, -0.05) is 12.1 Å². The topological polar surface area (TPSA) is 64.1 Å². The third kappa shape index (κ3) is 1.82. The molecule has 1 unspecified atom stereocenters. The molecule has 1 aromatic heterocycles. The smallest absolute Gasteiger partial charge is 0.112 e. The van der Waals surface area contributed by atoms with Crippen LogP contribution in [0.25, 0.3) is 11.0 Å². The second-order valence-corrected chi connectivity index (χ2v) is 5.33. The van der Waals surface area contributed by atoms with E-state index >= 15 is 0 Å². The van der Waals surface area contributed by atoms with Crippen molar-refractivity contribution in [3.8, 4) is 0 Å². The highest BCUT2D eigenvalue weighted by Crippen LogP contribution is 2.41. The molecular formula is C14H19N3O. The van der Waals surface area contributed by atoms with E-state index in [2.05, 4.69) is 9.55 Å². The minimum atomic E-state index is -0.783. The molecule has 3 N–H and O–H groups in total. The number of imidazole rings is 1. The van der Waals surface area contributed by atoms with Crippen molar-refractivity contribution in [2.24, 2.45) is 18.7 Å². The van der Waals surface area contributed by atoms with E-state index in [1.54, 1.807) is 0 Å². The summed E-state index contributed by atoms with van der Waals surface area (Å²) >= 11 is 0. The van der Waals surface area contributed by atoms with Gasteiger partial charge in [0, 0.05) is 20.0 Å². The number of hydrogen-bond donors (Lipinski definition) is 2. The van der Waals surface area contributed by atoms with E-state index in [1.807, 2.05) is 31.3 Å². The van der Waals surface area contributed by atoms with E-state index < -0.39 is 5.60 Å². The summed E-state index contributed by atoms with van der Waals surface area (Å²) in [4.78, 5) is 4.60. The van der Waals surface area contributed by atoms with Crippen LogP contribution in [0.4, 0.5) is 0 Å². The molecule has 0 saturated heterocycles. The Morgan fingerprint density at radius 1 is 1.44 bits per heavy atom. The zero-order valence-corrected chi connectivity index (χ0v) is 10.6. The summed E-state index contributed by atoms with van der Waals surface area (Å²) in [7, 11) is 1.99. The van der Waals surface area contributed by atoms with Gasteiger partial charge in [0.15, 0.2) is 0 Å². The van der Waals surface area contributed by atoms with E-state index in [0.29, 0.717) is 18.9 Å². The van der Waals surface area contributed by atoms with Crippen LogP contribution in [0, 0.1) is 5.92 Å². The van der Waals surface area contributed by atoms with Gasteiger partial charge in [-0.25, -0.2) is 4.98 Å². The first-order chi connectivity index (χ1) is 8.64. The zero-order valence-electron chi connectivity index (χ0n) is 10.6.